The van der Waals surface area contributed by atoms with Crippen LogP contribution in [0.4, 0.5) is 5.69 Å². The highest BCUT2D eigenvalue weighted by Gasteiger charge is 2.32. The van der Waals surface area contributed by atoms with Gasteiger partial charge in [0.05, 0.1) is 22.6 Å². The van der Waals surface area contributed by atoms with Crippen LogP contribution in [0.3, 0.4) is 0 Å². The number of thiophene rings is 1. The number of aromatic nitrogens is 2. The summed E-state index contributed by atoms with van der Waals surface area (Å²) < 4.78 is 26.7. The van der Waals surface area contributed by atoms with Crippen molar-refractivity contribution in [2.45, 2.75) is 17.1 Å². The largest absolute Gasteiger partial charge is 0.280 e. The minimum Gasteiger partial charge on any atom is -0.280 e. The Labute approximate surface area is 113 Å². The van der Waals surface area contributed by atoms with Crippen molar-refractivity contribution in [2.24, 2.45) is 0 Å². The van der Waals surface area contributed by atoms with Crippen LogP contribution in [0.15, 0.2) is 21.9 Å². The second kappa shape index (κ2) is 4.25. The van der Waals surface area contributed by atoms with Crippen LogP contribution in [-0.2, 0) is 16.4 Å². The summed E-state index contributed by atoms with van der Waals surface area (Å²) in [7, 11) is -3.57. The minimum absolute atomic E-state index is 0.193. The fraction of sp³-hybridized carbons (Fsp3) is 0.300. The van der Waals surface area contributed by atoms with Crippen molar-refractivity contribution in [3.8, 4) is 0 Å². The van der Waals surface area contributed by atoms with E-state index in [1.54, 1.807) is 17.6 Å². The molecule has 0 aliphatic carbocycles. The van der Waals surface area contributed by atoms with Crippen molar-refractivity contribution in [1.29, 1.82) is 0 Å². The lowest BCUT2D eigenvalue weighted by molar-refractivity contribution is 0.588. The number of nitrogens with zero attached hydrogens (tertiary/aromatic N) is 2. The van der Waals surface area contributed by atoms with Gasteiger partial charge in [0.1, 0.15) is 0 Å². The summed E-state index contributed by atoms with van der Waals surface area (Å²) in [5.41, 5.74) is 1.49. The Morgan fingerprint density at radius 1 is 1.50 bits per heavy atom. The van der Waals surface area contributed by atoms with Crippen molar-refractivity contribution in [3.05, 3.63) is 28.4 Å². The van der Waals surface area contributed by atoms with Gasteiger partial charge in [-0.25, -0.2) is 8.42 Å². The average Bonchev–Trinajstić information content (AvgIpc) is 2.96. The Morgan fingerprint density at radius 3 is 3.06 bits per heavy atom. The lowest BCUT2D eigenvalue weighted by Gasteiger charge is -2.27. The number of H-pyrrole nitrogens is 1. The van der Waals surface area contributed by atoms with Crippen LogP contribution in [-0.4, -0.2) is 25.2 Å². The summed E-state index contributed by atoms with van der Waals surface area (Å²) in [6.45, 7) is 0.461. The van der Waals surface area contributed by atoms with E-state index in [2.05, 4.69) is 10.2 Å². The maximum Gasteiger partial charge on any atom is 0.275 e. The van der Waals surface area contributed by atoms with Gasteiger partial charge in [0.15, 0.2) is 4.21 Å². The first-order valence-corrected chi connectivity index (χ1v) is 8.08. The van der Waals surface area contributed by atoms with Crippen molar-refractivity contribution in [1.82, 2.24) is 10.2 Å². The molecule has 0 amide bonds. The molecule has 0 saturated carbocycles. The number of hydrogen-bond donors (Lipinski definition) is 1. The van der Waals surface area contributed by atoms with Crippen LogP contribution in [0.2, 0.25) is 5.02 Å². The maximum absolute atomic E-state index is 12.5. The molecule has 3 heterocycles. The molecular weight excluding hydrogens is 294 g/mol. The number of sulfonamides is 1. The van der Waals surface area contributed by atoms with E-state index in [9.17, 15) is 8.42 Å². The average molecular weight is 304 g/mol. The zero-order valence-corrected chi connectivity index (χ0v) is 11.6. The number of aryl methyl sites for hydroxylation is 1. The summed E-state index contributed by atoms with van der Waals surface area (Å²) in [5, 5.41) is 8.69. The third-order valence-corrected chi connectivity index (χ3v) is 6.67. The zero-order valence-electron chi connectivity index (χ0n) is 9.26. The lowest BCUT2D eigenvalue weighted by Crippen LogP contribution is -2.34. The summed E-state index contributed by atoms with van der Waals surface area (Å²) >= 11 is 7.06. The predicted molar refractivity (Wildman–Crippen MR) is 70.8 cm³/mol. The predicted octanol–water partition coefficient (Wildman–Crippen LogP) is 2.27. The van der Waals surface area contributed by atoms with E-state index < -0.39 is 10.0 Å². The van der Waals surface area contributed by atoms with Crippen molar-refractivity contribution in [2.75, 3.05) is 10.8 Å². The summed E-state index contributed by atoms with van der Waals surface area (Å²) in [4.78, 5) is 0. The van der Waals surface area contributed by atoms with Crippen molar-refractivity contribution >= 4 is 38.6 Å². The first kappa shape index (κ1) is 12.0. The van der Waals surface area contributed by atoms with Crippen LogP contribution in [0.1, 0.15) is 12.1 Å². The zero-order chi connectivity index (χ0) is 12.8. The van der Waals surface area contributed by atoms with E-state index in [4.69, 9.17) is 11.6 Å². The molecule has 96 valence electrons. The maximum atomic E-state index is 12.5. The van der Waals surface area contributed by atoms with E-state index >= 15 is 0 Å². The second-order valence-electron chi connectivity index (χ2n) is 3.97. The summed E-state index contributed by atoms with van der Waals surface area (Å²) in [5.74, 6) is 0. The van der Waals surface area contributed by atoms with Gasteiger partial charge in [-0.1, -0.05) is 11.6 Å². The smallest absolute Gasteiger partial charge is 0.275 e. The Balaban J connectivity index is 2.10. The topological polar surface area (TPSA) is 66.1 Å². The molecule has 2 aromatic rings. The molecule has 18 heavy (non-hydrogen) atoms. The highest BCUT2D eigenvalue weighted by Crippen LogP contribution is 2.35. The first-order chi connectivity index (χ1) is 8.60. The van der Waals surface area contributed by atoms with Gasteiger partial charge in [0, 0.05) is 6.54 Å². The van der Waals surface area contributed by atoms with E-state index in [-0.39, 0.29) is 9.23 Å². The van der Waals surface area contributed by atoms with E-state index in [1.165, 1.54) is 4.31 Å². The van der Waals surface area contributed by atoms with E-state index in [1.807, 2.05) is 0 Å². The molecule has 1 aliphatic heterocycles. The molecule has 0 atom stereocenters. The quantitative estimate of drug-likeness (QED) is 0.925. The molecule has 0 radical (unpaired) electrons. The Hall–Kier alpha value is -1.05. The van der Waals surface area contributed by atoms with Gasteiger partial charge >= 0.3 is 0 Å². The van der Waals surface area contributed by atoms with E-state index in [0.29, 0.717) is 12.2 Å². The number of nitrogens with one attached hydrogen (secondary N) is 1. The van der Waals surface area contributed by atoms with Gasteiger partial charge in [-0.2, -0.15) is 5.10 Å². The first-order valence-electron chi connectivity index (χ1n) is 5.38. The second-order valence-corrected chi connectivity index (χ2v) is 7.35. The number of fused-ring (bicyclic) bond motifs is 1. The number of rotatable bonds is 2. The van der Waals surface area contributed by atoms with Crippen LogP contribution >= 0.6 is 22.9 Å². The van der Waals surface area contributed by atoms with Crippen LogP contribution < -0.4 is 4.31 Å². The lowest BCUT2D eigenvalue weighted by atomic mass is 10.1. The molecule has 0 aromatic carbocycles. The highest BCUT2D eigenvalue weighted by molar-refractivity contribution is 7.94. The molecule has 0 saturated heterocycles. The fourth-order valence-corrected chi connectivity index (χ4v) is 5.33. The van der Waals surface area contributed by atoms with E-state index in [0.717, 1.165) is 29.9 Å². The summed E-state index contributed by atoms with van der Waals surface area (Å²) in [6, 6.07) is 1.60. The van der Waals surface area contributed by atoms with Gasteiger partial charge in [0.2, 0.25) is 0 Å². The molecule has 5 nitrogen and oxygen atoms in total. The van der Waals surface area contributed by atoms with Gasteiger partial charge in [-0.05, 0) is 24.3 Å². The normalized spacial score (nSPS) is 15.7. The fourth-order valence-electron chi connectivity index (χ4n) is 2.04. The summed E-state index contributed by atoms with van der Waals surface area (Å²) in [6.07, 6.45) is 3.14. The van der Waals surface area contributed by atoms with Crippen LogP contribution in [0.5, 0.6) is 0 Å². The molecule has 1 N–H and O–H groups in total. The molecule has 0 spiro atoms. The number of halogens is 1. The van der Waals surface area contributed by atoms with Crippen molar-refractivity contribution < 1.29 is 8.42 Å². The third-order valence-electron chi connectivity index (χ3n) is 2.86. The molecule has 3 rings (SSSR count). The molecule has 8 heteroatoms. The van der Waals surface area contributed by atoms with Gasteiger partial charge in [0.25, 0.3) is 10.0 Å². The van der Waals surface area contributed by atoms with Gasteiger partial charge in [-0.15, -0.1) is 11.3 Å². The standard InChI is InChI=1S/C10H10ClN3O2S2/c11-7-3-5-17-10(7)18(15,16)14-4-1-2-8-9(14)6-12-13-8/h3,5-6H,1-2,4H2,(H,12,13). The Kier molecular flexibility index (Phi) is 2.84. The van der Waals surface area contributed by atoms with Gasteiger partial charge < -0.3 is 0 Å². The highest BCUT2D eigenvalue weighted by atomic mass is 35.5. The monoisotopic (exact) mass is 303 g/mol. The molecular formula is C10H10ClN3O2S2. The van der Waals surface area contributed by atoms with Crippen LogP contribution in [0, 0.1) is 0 Å². The molecule has 2 aromatic heterocycles. The van der Waals surface area contributed by atoms with Crippen molar-refractivity contribution in [3.63, 3.8) is 0 Å². The molecule has 1 aliphatic rings. The molecule has 0 fully saturated rings. The molecule has 0 unspecified atom stereocenters. The SMILES string of the molecule is O=S(=O)(c1sccc1Cl)N1CCCc2[nH]ncc21. The molecule has 0 bridgehead atoms. The number of hydrogen-bond acceptors (Lipinski definition) is 4. The number of anilines is 1. The minimum atomic E-state index is -3.57. The van der Waals surface area contributed by atoms with Gasteiger partial charge in [-0.3, -0.25) is 9.40 Å². The number of aromatic amines is 1. The Morgan fingerprint density at radius 2 is 2.33 bits per heavy atom. The van der Waals surface area contributed by atoms with Crippen LogP contribution in [0.25, 0.3) is 0 Å². The third kappa shape index (κ3) is 1.73. The Bertz CT molecular complexity index is 677.